The highest BCUT2D eigenvalue weighted by Gasteiger charge is 2.37. The van der Waals surface area contributed by atoms with Crippen LogP contribution in [0.2, 0.25) is 0 Å². The van der Waals surface area contributed by atoms with Crippen molar-refractivity contribution in [2.24, 2.45) is 5.73 Å². The van der Waals surface area contributed by atoms with E-state index in [1.165, 1.54) is 12.1 Å². The van der Waals surface area contributed by atoms with E-state index < -0.39 is 11.5 Å². The molecule has 0 spiro atoms. The Hall–Kier alpha value is -1.66. The summed E-state index contributed by atoms with van der Waals surface area (Å²) in [6.07, 6.45) is 0. The Balaban J connectivity index is 1.79. The van der Waals surface area contributed by atoms with E-state index in [0.29, 0.717) is 32.1 Å². The summed E-state index contributed by atoms with van der Waals surface area (Å²) in [7, 11) is 0. The largest absolute Gasteiger partial charge is 0.492 e. The molecule has 110 valence electrons. The quantitative estimate of drug-likeness (QED) is 0.867. The minimum atomic E-state index is -0.936. The van der Waals surface area contributed by atoms with E-state index in [4.69, 9.17) is 15.2 Å². The Morgan fingerprint density at radius 3 is 2.85 bits per heavy atom. The van der Waals surface area contributed by atoms with E-state index in [9.17, 15) is 9.18 Å². The van der Waals surface area contributed by atoms with Gasteiger partial charge in [0.05, 0.1) is 6.61 Å². The zero-order valence-corrected chi connectivity index (χ0v) is 11.5. The lowest BCUT2D eigenvalue weighted by Crippen LogP contribution is -2.57. The number of benzene rings is 1. The lowest BCUT2D eigenvalue weighted by molar-refractivity contribution is -0.153. The average molecular weight is 282 g/mol. The number of morpholine rings is 1. The van der Waals surface area contributed by atoms with Crippen molar-refractivity contribution in [1.29, 1.82) is 0 Å². The van der Waals surface area contributed by atoms with Gasteiger partial charge in [0.25, 0.3) is 5.91 Å². The van der Waals surface area contributed by atoms with E-state index >= 15 is 0 Å². The first-order valence-corrected chi connectivity index (χ1v) is 6.54. The normalized spacial score (nSPS) is 23.5. The van der Waals surface area contributed by atoms with E-state index in [-0.39, 0.29) is 5.82 Å². The first kappa shape index (κ1) is 14.7. The number of carbonyl (C=O) groups excluding carboxylic acids is 1. The molecule has 1 amide bonds. The molecule has 0 unspecified atom stereocenters. The molecule has 0 saturated carbocycles. The van der Waals surface area contributed by atoms with Crippen LogP contribution in [0.15, 0.2) is 24.3 Å². The predicted molar refractivity (Wildman–Crippen MR) is 71.9 cm³/mol. The second-order valence-corrected chi connectivity index (χ2v) is 5.02. The summed E-state index contributed by atoms with van der Waals surface area (Å²) in [5.74, 6) is -0.123. The summed E-state index contributed by atoms with van der Waals surface area (Å²) in [6, 6.07) is 5.88. The molecule has 5 nitrogen and oxygen atoms in total. The average Bonchev–Trinajstić information content (AvgIpc) is 2.41. The third-order valence-electron chi connectivity index (χ3n) is 3.36. The Labute approximate surface area is 117 Å². The highest BCUT2D eigenvalue weighted by atomic mass is 19.1. The molecule has 6 heteroatoms. The number of hydrogen-bond donors (Lipinski definition) is 1. The number of hydrogen-bond acceptors (Lipinski definition) is 4. The molecule has 1 saturated heterocycles. The standard InChI is InChI=1S/C14H19FN2O3/c1-14(13(16)18)10-17(7-9-20-14)6-8-19-12-4-2-11(15)3-5-12/h2-5H,6-10H2,1H3,(H2,16,18)/t14-/m1/s1. The van der Waals surface area contributed by atoms with Gasteiger partial charge in [-0.2, -0.15) is 0 Å². The van der Waals surface area contributed by atoms with Crippen molar-refractivity contribution >= 4 is 5.91 Å². The van der Waals surface area contributed by atoms with E-state index in [2.05, 4.69) is 4.90 Å². The Kier molecular flexibility index (Phi) is 4.57. The van der Waals surface area contributed by atoms with Gasteiger partial charge in [0.1, 0.15) is 18.2 Å². The number of rotatable bonds is 5. The van der Waals surface area contributed by atoms with Crippen molar-refractivity contribution in [2.45, 2.75) is 12.5 Å². The van der Waals surface area contributed by atoms with Crippen molar-refractivity contribution < 1.29 is 18.7 Å². The second kappa shape index (κ2) is 6.19. The summed E-state index contributed by atoms with van der Waals surface area (Å²) >= 11 is 0. The van der Waals surface area contributed by atoms with Crippen LogP contribution in [0.1, 0.15) is 6.92 Å². The first-order chi connectivity index (χ1) is 9.49. The lowest BCUT2D eigenvalue weighted by Gasteiger charge is -2.38. The highest BCUT2D eigenvalue weighted by molar-refractivity contribution is 5.83. The molecule has 2 rings (SSSR count). The molecule has 1 fully saturated rings. The molecule has 1 aliphatic rings. The number of primary amides is 1. The van der Waals surface area contributed by atoms with Gasteiger partial charge in [-0.25, -0.2) is 4.39 Å². The summed E-state index contributed by atoms with van der Waals surface area (Å²) in [5.41, 5.74) is 4.40. The number of ether oxygens (including phenoxy) is 2. The van der Waals surface area contributed by atoms with Crippen LogP contribution in [-0.2, 0) is 9.53 Å². The van der Waals surface area contributed by atoms with Crippen LogP contribution in [0.25, 0.3) is 0 Å². The zero-order valence-electron chi connectivity index (χ0n) is 11.5. The second-order valence-electron chi connectivity index (χ2n) is 5.02. The van der Waals surface area contributed by atoms with Crippen LogP contribution >= 0.6 is 0 Å². The molecule has 0 radical (unpaired) electrons. The van der Waals surface area contributed by atoms with Gasteiger partial charge >= 0.3 is 0 Å². The van der Waals surface area contributed by atoms with Crippen LogP contribution < -0.4 is 10.5 Å². The van der Waals surface area contributed by atoms with Crippen molar-refractivity contribution in [2.75, 3.05) is 32.8 Å². The van der Waals surface area contributed by atoms with Crippen LogP contribution in [0.4, 0.5) is 4.39 Å². The molecule has 1 aromatic carbocycles. The van der Waals surface area contributed by atoms with Crippen molar-refractivity contribution in [3.8, 4) is 5.75 Å². The van der Waals surface area contributed by atoms with Gasteiger partial charge in [0.15, 0.2) is 5.60 Å². The molecule has 1 aliphatic heterocycles. The molecular weight excluding hydrogens is 263 g/mol. The molecule has 0 bridgehead atoms. The maximum absolute atomic E-state index is 12.7. The number of amides is 1. The molecule has 20 heavy (non-hydrogen) atoms. The van der Waals surface area contributed by atoms with E-state index in [1.54, 1.807) is 19.1 Å². The summed E-state index contributed by atoms with van der Waals surface area (Å²) in [6.45, 7) is 4.47. The number of nitrogens with two attached hydrogens (primary N) is 1. The number of halogens is 1. The zero-order chi connectivity index (χ0) is 14.6. The van der Waals surface area contributed by atoms with Crippen LogP contribution in [0.5, 0.6) is 5.75 Å². The highest BCUT2D eigenvalue weighted by Crippen LogP contribution is 2.17. The fraction of sp³-hybridized carbons (Fsp3) is 0.500. The van der Waals surface area contributed by atoms with Gasteiger partial charge in [-0.05, 0) is 31.2 Å². The monoisotopic (exact) mass is 282 g/mol. The summed E-state index contributed by atoms with van der Waals surface area (Å²) in [5, 5.41) is 0. The van der Waals surface area contributed by atoms with Gasteiger partial charge < -0.3 is 15.2 Å². The maximum Gasteiger partial charge on any atom is 0.250 e. The van der Waals surface area contributed by atoms with Crippen molar-refractivity contribution in [3.63, 3.8) is 0 Å². The van der Waals surface area contributed by atoms with E-state index in [1.807, 2.05) is 0 Å². The number of carbonyl (C=O) groups is 1. The molecule has 1 heterocycles. The fourth-order valence-electron chi connectivity index (χ4n) is 2.11. The minimum absolute atomic E-state index is 0.289. The molecule has 0 aliphatic carbocycles. The van der Waals surface area contributed by atoms with E-state index in [0.717, 1.165) is 6.54 Å². The third kappa shape index (κ3) is 3.68. The summed E-state index contributed by atoms with van der Waals surface area (Å²) < 4.78 is 23.7. The van der Waals surface area contributed by atoms with Crippen molar-refractivity contribution in [3.05, 3.63) is 30.1 Å². The van der Waals surface area contributed by atoms with Gasteiger partial charge in [0, 0.05) is 19.6 Å². The fourth-order valence-corrected chi connectivity index (χ4v) is 2.11. The number of nitrogens with zero attached hydrogens (tertiary/aromatic N) is 1. The molecular formula is C14H19FN2O3. The molecule has 0 aromatic heterocycles. The van der Waals surface area contributed by atoms with Gasteiger partial charge in [-0.1, -0.05) is 0 Å². The smallest absolute Gasteiger partial charge is 0.250 e. The molecule has 1 aromatic rings. The van der Waals surface area contributed by atoms with Gasteiger partial charge in [0.2, 0.25) is 0 Å². The molecule has 2 N–H and O–H groups in total. The van der Waals surface area contributed by atoms with Crippen LogP contribution in [-0.4, -0.2) is 49.3 Å². The molecule has 1 atom stereocenters. The predicted octanol–water partition coefficient (Wildman–Crippen LogP) is 0.781. The lowest BCUT2D eigenvalue weighted by atomic mass is 10.0. The van der Waals surface area contributed by atoms with Crippen LogP contribution in [0, 0.1) is 5.82 Å². The topological polar surface area (TPSA) is 64.8 Å². The minimum Gasteiger partial charge on any atom is -0.492 e. The SMILES string of the molecule is C[C@]1(C(N)=O)CN(CCOc2ccc(F)cc2)CCO1. The third-order valence-corrected chi connectivity index (χ3v) is 3.36. The Morgan fingerprint density at radius 1 is 1.50 bits per heavy atom. The van der Waals surface area contributed by atoms with Gasteiger partial charge in [-0.15, -0.1) is 0 Å². The maximum atomic E-state index is 12.7. The first-order valence-electron chi connectivity index (χ1n) is 6.54. The summed E-state index contributed by atoms with van der Waals surface area (Å²) in [4.78, 5) is 13.4. The van der Waals surface area contributed by atoms with Crippen molar-refractivity contribution in [1.82, 2.24) is 4.90 Å². The Bertz CT molecular complexity index is 466. The van der Waals surface area contributed by atoms with Gasteiger partial charge in [-0.3, -0.25) is 9.69 Å². The van der Waals surface area contributed by atoms with Crippen LogP contribution in [0.3, 0.4) is 0 Å². The Morgan fingerprint density at radius 2 is 2.20 bits per heavy atom.